The van der Waals surface area contributed by atoms with Gasteiger partial charge < -0.3 is 25.0 Å². The first-order valence-corrected chi connectivity index (χ1v) is 10.9. The molecule has 0 bridgehead atoms. The fourth-order valence-electron chi connectivity index (χ4n) is 3.94. The second-order valence-corrected chi connectivity index (χ2v) is 8.17. The van der Waals surface area contributed by atoms with Crippen molar-refractivity contribution in [1.29, 1.82) is 0 Å². The van der Waals surface area contributed by atoms with Gasteiger partial charge in [-0.2, -0.15) is 0 Å². The van der Waals surface area contributed by atoms with E-state index in [-0.39, 0.29) is 17.9 Å². The maximum atomic E-state index is 13.1. The molecule has 2 aromatic rings. The van der Waals surface area contributed by atoms with Crippen molar-refractivity contribution in [1.82, 2.24) is 10.2 Å². The number of rotatable bonds is 4. The minimum absolute atomic E-state index is 0.00976. The Balaban J connectivity index is 1.31. The highest BCUT2D eigenvalue weighted by molar-refractivity contribution is 5.95. The van der Waals surface area contributed by atoms with Crippen molar-refractivity contribution < 1.29 is 19.1 Å². The normalized spacial score (nSPS) is 18.1. The SMILES string of the molecule is Cc1ccc(NC(=O)NCC2CCCN(C(=O)c3ccc4c(c3)OCCCO4)C2)cc1. The minimum Gasteiger partial charge on any atom is -0.490 e. The summed E-state index contributed by atoms with van der Waals surface area (Å²) in [5.74, 6) is 1.53. The Morgan fingerprint density at radius 3 is 2.61 bits per heavy atom. The van der Waals surface area contributed by atoms with Gasteiger partial charge in [-0.1, -0.05) is 17.7 Å². The van der Waals surface area contributed by atoms with Crippen LogP contribution >= 0.6 is 0 Å². The molecule has 4 rings (SSSR count). The van der Waals surface area contributed by atoms with E-state index >= 15 is 0 Å². The molecule has 1 fully saturated rings. The topological polar surface area (TPSA) is 79.9 Å². The predicted molar refractivity (Wildman–Crippen MR) is 119 cm³/mol. The van der Waals surface area contributed by atoms with Crippen LogP contribution in [0.3, 0.4) is 0 Å². The maximum absolute atomic E-state index is 13.1. The molecular weight excluding hydrogens is 394 g/mol. The lowest BCUT2D eigenvalue weighted by Gasteiger charge is -2.33. The minimum atomic E-state index is -0.227. The van der Waals surface area contributed by atoms with Crippen LogP contribution in [0.5, 0.6) is 11.5 Å². The van der Waals surface area contributed by atoms with E-state index in [0.717, 1.165) is 37.1 Å². The average molecular weight is 424 g/mol. The first-order chi connectivity index (χ1) is 15.1. The Hall–Kier alpha value is -3.22. The number of urea groups is 1. The summed E-state index contributed by atoms with van der Waals surface area (Å²) in [6.45, 7) is 5.09. The number of carbonyl (C=O) groups is 2. The van der Waals surface area contributed by atoms with Crippen molar-refractivity contribution in [2.24, 2.45) is 5.92 Å². The summed E-state index contributed by atoms with van der Waals surface area (Å²) in [7, 11) is 0. The van der Waals surface area contributed by atoms with E-state index in [9.17, 15) is 9.59 Å². The fourth-order valence-corrected chi connectivity index (χ4v) is 3.94. The molecular formula is C24H29N3O4. The van der Waals surface area contributed by atoms with Crippen LogP contribution in [-0.2, 0) is 0 Å². The highest BCUT2D eigenvalue weighted by atomic mass is 16.5. The number of anilines is 1. The lowest BCUT2D eigenvalue weighted by atomic mass is 9.97. The molecule has 2 aromatic carbocycles. The zero-order valence-electron chi connectivity index (χ0n) is 17.9. The number of ether oxygens (including phenoxy) is 2. The number of benzene rings is 2. The molecule has 1 saturated heterocycles. The zero-order chi connectivity index (χ0) is 21.6. The van der Waals surface area contributed by atoms with Crippen LogP contribution in [0.4, 0.5) is 10.5 Å². The predicted octanol–water partition coefficient (Wildman–Crippen LogP) is 3.83. The van der Waals surface area contributed by atoms with Gasteiger partial charge in [0.2, 0.25) is 0 Å². The summed E-state index contributed by atoms with van der Waals surface area (Å²) in [4.78, 5) is 27.1. The standard InChI is InChI=1S/C24H29N3O4/c1-17-5-8-20(9-6-17)26-24(29)25-15-18-4-2-11-27(16-18)23(28)19-7-10-21-22(14-19)31-13-3-12-30-21/h5-10,14,18H,2-4,11-13,15-16H2,1H3,(H2,25,26,29). The molecule has 0 spiro atoms. The van der Waals surface area contributed by atoms with Gasteiger partial charge in [0.25, 0.3) is 5.91 Å². The van der Waals surface area contributed by atoms with E-state index in [0.29, 0.717) is 43.4 Å². The van der Waals surface area contributed by atoms with Gasteiger partial charge in [-0.05, 0) is 56.0 Å². The number of likely N-dealkylation sites (tertiary alicyclic amines) is 1. The molecule has 7 heteroatoms. The van der Waals surface area contributed by atoms with Gasteiger partial charge >= 0.3 is 6.03 Å². The third-order valence-corrected chi connectivity index (χ3v) is 5.66. The third-order valence-electron chi connectivity index (χ3n) is 5.66. The summed E-state index contributed by atoms with van der Waals surface area (Å²) in [5, 5.41) is 5.78. The van der Waals surface area contributed by atoms with Crippen LogP contribution in [0.15, 0.2) is 42.5 Å². The molecule has 3 amide bonds. The quantitative estimate of drug-likeness (QED) is 0.783. The fraction of sp³-hybridized carbons (Fsp3) is 0.417. The second-order valence-electron chi connectivity index (χ2n) is 8.17. The summed E-state index contributed by atoms with van der Waals surface area (Å²) < 4.78 is 11.4. The van der Waals surface area contributed by atoms with Crippen molar-refractivity contribution >= 4 is 17.6 Å². The zero-order valence-corrected chi connectivity index (χ0v) is 17.9. The van der Waals surface area contributed by atoms with E-state index < -0.39 is 0 Å². The van der Waals surface area contributed by atoms with Crippen molar-refractivity contribution in [3.8, 4) is 11.5 Å². The molecule has 0 aromatic heterocycles. The molecule has 31 heavy (non-hydrogen) atoms. The monoisotopic (exact) mass is 423 g/mol. The van der Waals surface area contributed by atoms with Gasteiger partial charge in [0, 0.05) is 37.3 Å². The van der Waals surface area contributed by atoms with Gasteiger partial charge in [0.1, 0.15) is 0 Å². The molecule has 2 aliphatic rings. The van der Waals surface area contributed by atoms with Crippen LogP contribution in [0.1, 0.15) is 35.2 Å². The summed E-state index contributed by atoms with van der Waals surface area (Å²) >= 11 is 0. The van der Waals surface area contributed by atoms with E-state index in [1.54, 1.807) is 12.1 Å². The Kier molecular flexibility index (Phi) is 6.60. The van der Waals surface area contributed by atoms with Gasteiger partial charge in [-0.3, -0.25) is 4.79 Å². The number of fused-ring (bicyclic) bond motifs is 1. The molecule has 1 unspecified atom stereocenters. The van der Waals surface area contributed by atoms with E-state index in [4.69, 9.17) is 9.47 Å². The molecule has 1 atom stereocenters. The molecule has 2 N–H and O–H groups in total. The van der Waals surface area contributed by atoms with Crippen molar-refractivity contribution in [3.63, 3.8) is 0 Å². The van der Waals surface area contributed by atoms with Crippen molar-refractivity contribution in [2.75, 3.05) is 38.2 Å². The van der Waals surface area contributed by atoms with E-state index in [2.05, 4.69) is 10.6 Å². The van der Waals surface area contributed by atoms with Gasteiger partial charge in [0.15, 0.2) is 11.5 Å². The van der Waals surface area contributed by atoms with E-state index in [1.165, 1.54) is 0 Å². The Labute approximate surface area is 182 Å². The molecule has 7 nitrogen and oxygen atoms in total. The molecule has 2 aliphatic heterocycles. The lowest BCUT2D eigenvalue weighted by Crippen LogP contribution is -2.44. The number of nitrogens with one attached hydrogen (secondary N) is 2. The highest BCUT2D eigenvalue weighted by Gasteiger charge is 2.26. The highest BCUT2D eigenvalue weighted by Crippen LogP contribution is 2.31. The summed E-state index contributed by atoms with van der Waals surface area (Å²) in [6.07, 6.45) is 2.73. The van der Waals surface area contributed by atoms with Crippen LogP contribution in [0.25, 0.3) is 0 Å². The lowest BCUT2D eigenvalue weighted by molar-refractivity contribution is 0.0674. The van der Waals surface area contributed by atoms with Gasteiger partial charge in [0.05, 0.1) is 13.2 Å². The largest absolute Gasteiger partial charge is 0.490 e. The Morgan fingerprint density at radius 2 is 1.81 bits per heavy atom. The Bertz CT molecular complexity index is 929. The summed E-state index contributed by atoms with van der Waals surface area (Å²) in [6, 6.07) is 12.8. The number of aryl methyl sites for hydroxylation is 1. The Morgan fingerprint density at radius 1 is 1.03 bits per heavy atom. The number of hydrogen-bond donors (Lipinski definition) is 2. The van der Waals surface area contributed by atoms with Gasteiger partial charge in [-0.25, -0.2) is 4.79 Å². The van der Waals surface area contributed by atoms with Gasteiger partial charge in [-0.15, -0.1) is 0 Å². The number of amides is 3. The molecule has 164 valence electrons. The van der Waals surface area contributed by atoms with Crippen LogP contribution in [0.2, 0.25) is 0 Å². The second kappa shape index (κ2) is 9.73. The van der Waals surface area contributed by atoms with Crippen LogP contribution in [0, 0.1) is 12.8 Å². The summed E-state index contributed by atoms with van der Waals surface area (Å²) in [5.41, 5.74) is 2.51. The first-order valence-electron chi connectivity index (χ1n) is 10.9. The molecule has 2 heterocycles. The van der Waals surface area contributed by atoms with E-state index in [1.807, 2.05) is 42.2 Å². The molecule has 0 aliphatic carbocycles. The van der Waals surface area contributed by atoms with Crippen molar-refractivity contribution in [2.45, 2.75) is 26.2 Å². The first kappa shape index (κ1) is 21.0. The number of carbonyl (C=O) groups excluding carboxylic acids is 2. The number of piperidine rings is 1. The van der Waals surface area contributed by atoms with Crippen molar-refractivity contribution in [3.05, 3.63) is 53.6 Å². The third kappa shape index (κ3) is 5.48. The average Bonchev–Trinajstić information content (AvgIpc) is 3.04. The van der Waals surface area contributed by atoms with Crippen LogP contribution in [-0.4, -0.2) is 49.7 Å². The smallest absolute Gasteiger partial charge is 0.319 e. The molecule has 0 saturated carbocycles. The number of hydrogen-bond acceptors (Lipinski definition) is 4. The molecule has 0 radical (unpaired) electrons. The van der Waals surface area contributed by atoms with Crippen LogP contribution < -0.4 is 20.1 Å². The number of nitrogens with zero attached hydrogens (tertiary/aromatic N) is 1. The maximum Gasteiger partial charge on any atom is 0.319 e.